The van der Waals surface area contributed by atoms with Crippen LogP contribution in [0.2, 0.25) is 0 Å². The van der Waals surface area contributed by atoms with Crippen molar-refractivity contribution in [3.05, 3.63) is 29.6 Å². The predicted octanol–water partition coefficient (Wildman–Crippen LogP) is -2.06. The van der Waals surface area contributed by atoms with Crippen LogP contribution < -0.4 is 29.3 Å². The first-order chi connectivity index (χ1) is 11.2. The molecule has 1 fully saturated rings. The number of carboxylic acid groups (broad SMARTS) is 1. The number of rotatable bonds is 4. The maximum atomic E-state index is 11.8. The normalized spacial score (nSPS) is 16.0. The molecular weight excluding hydrogens is 317 g/mol. The molecule has 0 bridgehead atoms. The number of hydrogen-bond donors (Lipinski definition) is 1. The van der Waals surface area contributed by atoms with E-state index in [1.807, 2.05) is 20.8 Å². The molecule has 0 atom stereocenters. The average molecular weight is 341 g/mol. The van der Waals surface area contributed by atoms with Gasteiger partial charge in [-0.15, -0.1) is 0 Å². The number of hydrogen-bond acceptors (Lipinski definition) is 6. The van der Waals surface area contributed by atoms with Gasteiger partial charge in [-0.3, -0.25) is 9.88 Å². The van der Waals surface area contributed by atoms with E-state index in [9.17, 15) is 14.7 Å². The van der Waals surface area contributed by atoms with E-state index in [-0.39, 0.29) is 36.7 Å². The van der Waals surface area contributed by atoms with Crippen LogP contribution in [-0.2, 0) is 11.3 Å². The summed E-state index contributed by atoms with van der Waals surface area (Å²) in [6, 6.07) is 3.45. The zero-order chi connectivity index (χ0) is 17.7. The maximum Gasteiger partial charge on any atom is 1.00 e. The number of aromatic nitrogens is 1. The van der Waals surface area contributed by atoms with Crippen LogP contribution in [0.3, 0.4) is 0 Å². The Balaban J connectivity index is 0.00000312. The number of carbonyl (C=O) groups excluding carboxylic acids is 2. The Kier molecular flexibility index (Phi) is 7.93. The van der Waals surface area contributed by atoms with Crippen LogP contribution in [0, 0.1) is 0 Å². The molecule has 1 saturated heterocycles. The van der Waals surface area contributed by atoms with Gasteiger partial charge in [0.05, 0.1) is 11.7 Å². The average Bonchev–Trinajstić information content (AvgIpc) is 2.47. The summed E-state index contributed by atoms with van der Waals surface area (Å²) in [6.07, 6.45) is 2.76. The number of carboxylic acids is 1. The van der Waals surface area contributed by atoms with Crippen molar-refractivity contribution >= 4 is 12.1 Å². The summed E-state index contributed by atoms with van der Waals surface area (Å²) >= 11 is 0. The van der Waals surface area contributed by atoms with E-state index in [1.54, 1.807) is 12.1 Å². The fraction of sp³-hybridized carbons (Fsp3) is 0.588. The largest absolute Gasteiger partial charge is 1.00 e. The van der Waals surface area contributed by atoms with Gasteiger partial charge in [0.25, 0.3) is 0 Å². The van der Waals surface area contributed by atoms with Gasteiger partial charge in [0.2, 0.25) is 0 Å². The molecule has 1 aromatic rings. The minimum atomic E-state index is -1.27. The van der Waals surface area contributed by atoms with Crippen LogP contribution in [-0.4, -0.2) is 46.7 Å². The van der Waals surface area contributed by atoms with Crippen LogP contribution in [0.4, 0.5) is 4.79 Å². The second-order valence-corrected chi connectivity index (χ2v) is 7.03. The summed E-state index contributed by atoms with van der Waals surface area (Å²) in [7, 11) is 0. The molecule has 1 aliphatic rings. The fourth-order valence-electron chi connectivity index (χ4n) is 2.65. The van der Waals surface area contributed by atoms with E-state index >= 15 is 0 Å². The molecule has 2 rings (SSSR count). The Bertz CT molecular complexity index is 596. The number of pyridine rings is 1. The van der Waals surface area contributed by atoms with Crippen molar-refractivity contribution < 1.29 is 38.3 Å². The van der Waals surface area contributed by atoms with Crippen LogP contribution >= 0.6 is 0 Å². The molecular formula is C17H24LiN3O4. The third kappa shape index (κ3) is 7.47. The van der Waals surface area contributed by atoms with E-state index in [0.717, 1.165) is 31.5 Å². The quantitative estimate of drug-likeness (QED) is 0.633. The van der Waals surface area contributed by atoms with Gasteiger partial charge >= 0.3 is 25.0 Å². The first kappa shape index (κ1) is 21.5. The number of amides is 1. The predicted molar refractivity (Wildman–Crippen MR) is 86.2 cm³/mol. The molecule has 8 heteroatoms. The van der Waals surface area contributed by atoms with Crippen molar-refractivity contribution in [2.45, 2.75) is 51.8 Å². The number of piperidine rings is 1. The molecule has 0 aliphatic carbocycles. The minimum absolute atomic E-state index is 0. The Labute approximate surface area is 160 Å². The van der Waals surface area contributed by atoms with Crippen molar-refractivity contribution in [1.29, 1.82) is 0 Å². The van der Waals surface area contributed by atoms with E-state index in [1.165, 1.54) is 6.20 Å². The summed E-state index contributed by atoms with van der Waals surface area (Å²) in [5, 5.41) is 13.8. The third-order valence-corrected chi connectivity index (χ3v) is 3.75. The standard InChI is InChI=1S/C17H25N3O4.Li/c1-17(2,3)24-16(23)19-13-5-8-20(9-6-13)11-12-4-7-18-14(10-12)15(21)22;/h4,7,10,13H,5-6,8-9,11H2,1-3H3,(H,19,23)(H,21,22);/q;+1/p-1. The molecule has 1 N–H and O–H groups in total. The van der Waals surface area contributed by atoms with E-state index in [2.05, 4.69) is 15.2 Å². The molecule has 0 aromatic carbocycles. The van der Waals surface area contributed by atoms with Gasteiger partial charge in [-0.05, 0) is 51.3 Å². The van der Waals surface area contributed by atoms with Crippen LogP contribution in [0.15, 0.2) is 18.3 Å². The molecule has 132 valence electrons. The van der Waals surface area contributed by atoms with Gasteiger partial charge in [-0.1, -0.05) is 0 Å². The van der Waals surface area contributed by atoms with E-state index < -0.39 is 11.6 Å². The van der Waals surface area contributed by atoms with Crippen LogP contribution in [0.25, 0.3) is 0 Å². The van der Waals surface area contributed by atoms with Gasteiger partial charge < -0.3 is 20.0 Å². The number of likely N-dealkylation sites (tertiary alicyclic amines) is 1. The number of nitrogens with zero attached hydrogens (tertiary/aromatic N) is 2. The number of alkyl carbamates (subject to hydrolysis) is 1. The SMILES string of the molecule is CC(C)(C)OC(=O)NC1CCN(Cc2ccnc(C(=O)[O-])c2)CC1.[Li+]. The number of nitrogens with one attached hydrogen (secondary N) is 1. The van der Waals surface area contributed by atoms with Crippen LogP contribution in [0.1, 0.15) is 49.7 Å². The second kappa shape index (κ2) is 9.23. The molecule has 0 spiro atoms. The molecule has 1 aliphatic heterocycles. The van der Waals surface area contributed by atoms with Gasteiger partial charge in [0, 0.05) is 31.9 Å². The molecule has 0 unspecified atom stereocenters. The van der Waals surface area contributed by atoms with E-state index in [0.29, 0.717) is 6.54 Å². The van der Waals surface area contributed by atoms with Crippen molar-refractivity contribution in [1.82, 2.24) is 15.2 Å². The Morgan fingerprint density at radius 1 is 1.36 bits per heavy atom. The minimum Gasteiger partial charge on any atom is -0.543 e. The Morgan fingerprint density at radius 3 is 2.56 bits per heavy atom. The first-order valence-electron chi connectivity index (χ1n) is 8.11. The molecule has 7 nitrogen and oxygen atoms in total. The maximum absolute atomic E-state index is 11.8. The van der Waals surface area contributed by atoms with Gasteiger partial charge in [0.15, 0.2) is 0 Å². The van der Waals surface area contributed by atoms with Gasteiger partial charge in [-0.25, -0.2) is 4.79 Å². The van der Waals surface area contributed by atoms with Crippen molar-refractivity contribution in [3.8, 4) is 0 Å². The van der Waals surface area contributed by atoms with Crippen molar-refractivity contribution in [2.75, 3.05) is 13.1 Å². The smallest absolute Gasteiger partial charge is 0.543 e. The number of carbonyl (C=O) groups is 2. The first-order valence-corrected chi connectivity index (χ1v) is 8.11. The van der Waals surface area contributed by atoms with Crippen molar-refractivity contribution in [3.63, 3.8) is 0 Å². The zero-order valence-electron chi connectivity index (χ0n) is 15.4. The fourth-order valence-corrected chi connectivity index (χ4v) is 2.65. The third-order valence-electron chi connectivity index (χ3n) is 3.75. The zero-order valence-corrected chi connectivity index (χ0v) is 15.4. The Hall–Kier alpha value is -1.55. The summed E-state index contributed by atoms with van der Waals surface area (Å²) in [5.74, 6) is -1.27. The molecule has 0 radical (unpaired) electrons. The molecule has 25 heavy (non-hydrogen) atoms. The number of aromatic carboxylic acids is 1. The van der Waals surface area contributed by atoms with Gasteiger partial charge in [-0.2, -0.15) is 0 Å². The summed E-state index contributed by atoms with van der Waals surface area (Å²) in [4.78, 5) is 28.6. The van der Waals surface area contributed by atoms with Gasteiger partial charge in [0.1, 0.15) is 5.60 Å². The number of ether oxygens (including phenoxy) is 1. The van der Waals surface area contributed by atoms with Crippen LogP contribution in [0.5, 0.6) is 0 Å². The Morgan fingerprint density at radius 2 is 2.00 bits per heavy atom. The monoisotopic (exact) mass is 341 g/mol. The topological polar surface area (TPSA) is 94.6 Å². The second-order valence-electron chi connectivity index (χ2n) is 7.03. The summed E-state index contributed by atoms with van der Waals surface area (Å²) < 4.78 is 5.27. The molecule has 1 aromatic heterocycles. The summed E-state index contributed by atoms with van der Waals surface area (Å²) in [6.45, 7) is 7.81. The molecule has 0 saturated carbocycles. The van der Waals surface area contributed by atoms with Crippen molar-refractivity contribution in [2.24, 2.45) is 0 Å². The molecule has 2 heterocycles. The van der Waals surface area contributed by atoms with E-state index in [4.69, 9.17) is 4.74 Å². The molecule has 1 amide bonds. The summed E-state index contributed by atoms with van der Waals surface area (Å²) in [5.41, 5.74) is 0.347.